The zero-order valence-electron chi connectivity index (χ0n) is 12.6. The largest absolute Gasteiger partial charge is 0.347 e. The molecule has 120 valence electrons. The molecule has 23 heavy (non-hydrogen) atoms. The Morgan fingerprint density at radius 3 is 2.43 bits per heavy atom. The molecule has 0 saturated heterocycles. The molecule has 0 fully saturated rings. The van der Waals surface area contributed by atoms with Gasteiger partial charge in [-0.05, 0) is 5.56 Å². The first kappa shape index (κ1) is 16.6. The van der Waals surface area contributed by atoms with Gasteiger partial charge in [0.2, 0.25) is 5.91 Å². The number of amides is 2. The molecule has 8 heteroatoms. The molecule has 7 nitrogen and oxygen atoms in total. The van der Waals surface area contributed by atoms with Crippen molar-refractivity contribution in [1.82, 2.24) is 10.2 Å². The summed E-state index contributed by atoms with van der Waals surface area (Å²) in [6.07, 6.45) is 0. The van der Waals surface area contributed by atoms with Crippen LogP contribution in [0, 0.1) is 10.1 Å². The lowest BCUT2D eigenvalue weighted by molar-refractivity contribution is -0.380. The van der Waals surface area contributed by atoms with Crippen molar-refractivity contribution in [2.24, 2.45) is 0 Å². The van der Waals surface area contributed by atoms with E-state index in [4.69, 9.17) is 0 Å². The number of likely N-dealkylation sites (N-methyl/N-ethyl adjacent to an activating group) is 1. The maximum atomic E-state index is 12.3. The second-order valence-electron chi connectivity index (χ2n) is 4.98. The second-order valence-corrected chi connectivity index (χ2v) is 5.87. The standard InChI is InChI=1S/C15H15N3O4S/c1-17(2)15(20)13(10-6-4-3-5-7-10)16-14(19)11-8-12(18(21)22)23-9-11/h3-9,13H,1-2H3,(H,16,19)/t13-/m1/s1. The Balaban J connectivity index is 2.25. The number of benzene rings is 1. The maximum absolute atomic E-state index is 12.3. The van der Waals surface area contributed by atoms with Crippen LogP contribution < -0.4 is 5.32 Å². The molecular weight excluding hydrogens is 318 g/mol. The molecule has 1 atom stereocenters. The van der Waals surface area contributed by atoms with Gasteiger partial charge < -0.3 is 10.2 Å². The molecule has 2 rings (SSSR count). The SMILES string of the molecule is CN(C)C(=O)[C@H](NC(=O)c1csc([N+](=O)[O-])c1)c1ccccc1. The predicted molar refractivity (Wildman–Crippen MR) is 86.3 cm³/mol. The van der Waals surface area contributed by atoms with Crippen LogP contribution in [0.5, 0.6) is 0 Å². The van der Waals surface area contributed by atoms with Crippen LogP contribution >= 0.6 is 11.3 Å². The molecule has 0 radical (unpaired) electrons. The van der Waals surface area contributed by atoms with Crippen molar-refractivity contribution in [2.45, 2.75) is 6.04 Å². The molecule has 0 spiro atoms. The minimum absolute atomic E-state index is 0.120. The van der Waals surface area contributed by atoms with Crippen molar-refractivity contribution in [3.8, 4) is 0 Å². The maximum Gasteiger partial charge on any atom is 0.324 e. The van der Waals surface area contributed by atoms with Gasteiger partial charge in [-0.3, -0.25) is 19.7 Å². The first-order valence-corrected chi connectivity index (χ1v) is 7.58. The van der Waals surface area contributed by atoms with Crippen LogP contribution in [0.15, 0.2) is 41.8 Å². The van der Waals surface area contributed by atoms with E-state index in [0.717, 1.165) is 11.3 Å². The fourth-order valence-corrected chi connectivity index (χ4v) is 2.65. The number of hydrogen-bond donors (Lipinski definition) is 1. The smallest absolute Gasteiger partial charge is 0.324 e. The summed E-state index contributed by atoms with van der Waals surface area (Å²) in [5, 5.41) is 14.6. The molecular formula is C15H15N3O4S. The molecule has 2 amide bonds. The molecule has 0 aliphatic heterocycles. The van der Waals surface area contributed by atoms with Gasteiger partial charge in [-0.15, -0.1) is 0 Å². The Hall–Kier alpha value is -2.74. The van der Waals surface area contributed by atoms with Gasteiger partial charge in [0.25, 0.3) is 5.91 Å². The van der Waals surface area contributed by atoms with Gasteiger partial charge in [-0.2, -0.15) is 0 Å². The Morgan fingerprint density at radius 2 is 1.91 bits per heavy atom. The number of nitrogens with zero attached hydrogens (tertiary/aromatic N) is 2. The first-order chi connectivity index (χ1) is 10.9. The molecule has 0 unspecified atom stereocenters. The van der Waals surface area contributed by atoms with E-state index in [-0.39, 0.29) is 16.5 Å². The topological polar surface area (TPSA) is 92.6 Å². The Morgan fingerprint density at radius 1 is 1.26 bits per heavy atom. The number of thiophene rings is 1. The molecule has 0 bridgehead atoms. The Bertz CT molecular complexity index is 727. The van der Waals surface area contributed by atoms with Crippen molar-refractivity contribution in [1.29, 1.82) is 0 Å². The Kier molecular flexibility index (Phi) is 5.07. The van der Waals surface area contributed by atoms with E-state index < -0.39 is 16.9 Å². The van der Waals surface area contributed by atoms with E-state index in [1.807, 2.05) is 6.07 Å². The monoisotopic (exact) mass is 333 g/mol. The lowest BCUT2D eigenvalue weighted by atomic mass is 10.1. The number of carbonyl (C=O) groups is 2. The molecule has 0 saturated carbocycles. The lowest BCUT2D eigenvalue weighted by Crippen LogP contribution is -2.39. The van der Waals surface area contributed by atoms with Crippen LogP contribution in [0.4, 0.5) is 5.00 Å². The summed E-state index contributed by atoms with van der Waals surface area (Å²) in [4.78, 5) is 36.2. The van der Waals surface area contributed by atoms with E-state index in [0.29, 0.717) is 5.56 Å². The van der Waals surface area contributed by atoms with Crippen molar-refractivity contribution in [3.05, 3.63) is 63.0 Å². The molecule has 1 aromatic heterocycles. The van der Waals surface area contributed by atoms with E-state index in [9.17, 15) is 19.7 Å². The van der Waals surface area contributed by atoms with E-state index >= 15 is 0 Å². The molecule has 0 aliphatic rings. The van der Waals surface area contributed by atoms with Crippen LogP contribution in [0.2, 0.25) is 0 Å². The van der Waals surface area contributed by atoms with Crippen LogP contribution in [-0.4, -0.2) is 35.7 Å². The first-order valence-electron chi connectivity index (χ1n) is 6.70. The summed E-state index contributed by atoms with van der Waals surface area (Å²) < 4.78 is 0. The third-order valence-electron chi connectivity index (χ3n) is 3.12. The lowest BCUT2D eigenvalue weighted by Gasteiger charge is -2.21. The fraction of sp³-hybridized carbons (Fsp3) is 0.200. The number of hydrogen-bond acceptors (Lipinski definition) is 5. The minimum atomic E-state index is -0.849. The van der Waals surface area contributed by atoms with Gasteiger partial charge >= 0.3 is 5.00 Å². The summed E-state index contributed by atoms with van der Waals surface area (Å²) >= 11 is 0.868. The molecule has 2 aromatic rings. The van der Waals surface area contributed by atoms with Gasteiger partial charge in [-0.1, -0.05) is 41.7 Å². The van der Waals surface area contributed by atoms with Crippen LogP contribution in [0.1, 0.15) is 22.0 Å². The van der Waals surface area contributed by atoms with Gasteiger partial charge in [0.1, 0.15) is 6.04 Å². The summed E-state index contributed by atoms with van der Waals surface area (Å²) in [7, 11) is 3.19. The van der Waals surface area contributed by atoms with E-state index in [1.54, 1.807) is 38.4 Å². The Labute approximate surface area is 136 Å². The zero-order valence-corrected chi connectivity index (χ0v) is 13.4. The average molecular weight is 333 g/mol. The van der Waals surface area contributed by atoms with E-state index in [2.05, 4.69) is 5.32 Å². The predicted octanol–water partition coefficient (Wildman–Crippen LogP) is 2.22. The van der Waals surface area contributed by atoms with Crippen LogP contribution in [-0.2, 0) is 4.79 Å². The normalized spacial score (nSPS) is 11.6. The summed E-state index contributed by atoms with van der Waals surface area (Å²) in [5.41, 5.74) is 0.804. The average Bonchev–Trinajstić information content (AvgIpc) is 3.03. The van der Waals surface area contributed by atoms with Gasteiger partial charge in [0.15, 0.2) is 0 Å². The third-order valence-corrected chi connectivity index (χ3v) is 4.00. The van der Waals surface area contributed by atoms with Gasteiger partial charge in [0, 0.05) is 25.5 Å². The van der Waals surface area contributed by atoms with Crippen LogP contribution in [0.3, 0.4) is 0 Å². The quantitative estimate of drug-likeness (QED) is 0.671. The highest BCUT2D eigenvalue weighted by Crippen LogP contribution is 2.23. The van der Waals surface area contributed by atoms with Crippen molar-refractivity contribution >= 4 is 28.2 Å². The van der Waals surface area contributed by atoms with Crippen molar-refractivity contribution < 1.29 is 14.5 Å². The van der Waals surface area contributed by atoms with Gasteiger partial charge in [0.05, 0.1) is 10.5 Å². The highest BCUT2D eigenvalue weighted by atomic mass is 32.1. The summed E-state index contributed by atoms with van der Waals surface area (Å²) in [5.74, 6) is -0.812. The highest BCUT2D eigenvalue weighted by molar-refractivity contribution is 7.13. The number of nitro groups is 1. The summed E-state index contributed by atoms with van der Waals surface area (Å²) in [6.45, 7) is 0. The summed E-state index contributed by atoms with van der Waals surface area (Å²) in [6, 6.07) is 9.18. The molecule has 0 aliphatic carbocycles. The third kappa shape index (κ3) is 3.92. The number of rotatable bonds is 5. The number of carbonyl (C=O) groups excluding carboxylic acids is 2. The molecule has 1 aromatic carbocycles. The fourth-order valence-electron chi connectivity index (χ4n) is 1.95. The van der Waals surface area contributed by atoms with Crippen molar-refractivity contribution in [3.63, 3.8) is 0 Å². The number of nitrogens with one attached hydrogen (secondary N) is 1. The highest BCUT2D eigenvalue weighted by Gasteiger charge is 2.25. The van der Waals surface area contributed by atoms with E-state index in [1.165, 1.54) is 16.3 Å². The second kappa shape index (κ2) is 7.01. The molecule has 1 N–H and O–H groups in total. The molecule has 1 heterocycles. The van der Waals surface area contributed by atoms with Gasteiger partial charge in [-0.25, -0.2) is 0 Å². The zero-order chi connectivity index (χ0) is 17.0. The van der Waals surface area contributed by atoms with Crippen LogP contribution in [0.25, 0.3) is 0 Å². The minimum Gasteiger partial charge on any atom is -0.347 e. The van der Waals surface area contributed by atoms with Crippen molar-refractivity contribution in [2.75, 3.05) is 14.1 Å².